The molecule has 1 fully saturated rings. The fourth-order valence-corrected chi connectivity index (χ4v) is 4.29. The molecule has 1 unspecified atom stereocenters. The molecule has 1 amide bonds. The number of nitrogens with zero attached hydrogens (tertiary/aromatic N) is 2. The van der Waals surface area contributed by atoms with Crippen molar-refractivity contribution in [2.75, 3.05) is 5.32 Å². The van der Waals surface area contributed by atoms with Gasteiger partial charge in [-0.1, -0.05) is 38.3 Å². The topological polar surface area (TPSA) is 77.1 Å². The van der Waals surface area contributed by atoms with Crippen LogP contribution in [0.5, 0.6) is 0 Å². The number of ketones is 1. The maximum atomic E-state index is 13.0. The van der Waals surface area contributed by atoms with Crippen LogP contribution in [0.1, 0.15) is 56.0 Å². The zero-order valence-corrected chi connectivity index (χ0v) is 17.0. The van der Waals surface area contributed by atoms with E-state index in [0.717, 1.165) is 48.4 Å². The highest BCUT2D eigenvalue weighted by Crippen LogP contribution is 2.29. The smallest absolute Gasteiger partial charge is 0.293 e. The zero-order chi connectivity index (χ0) is 20.4. The molecule has 2 aromatic heterocycles. The van der Waals surface area contributed by atoms with E-state index >= 15 is 0 Å². The van der Waals surface area contributed by atoms with Gasteiger partial charge in [0.25, 0.3) is 5.91 Å². The summed E-state index contributed by atoms with van der Waals surface area (Å²) in [4.78, 5) is 29.9. The molecule has 2 aliphatic rings. The SMILES string of the molecule is CC(C(=O)C1CCCCC1)C1=CCC=c2c(nc(NC(=O)c3ccco3)n2C)=C1. The first-order valence-electron chi connectivity index (χ1n) is 10.4. The molecule has 2 aliphatic carbocycles. The van der Waals surface area contributed by atoms with Gasteiger partial charge < -0.3 is 8.98 Å². The van der Waals surface area contributed by atoms with Crippen molar-refractivity contribution in [1.82, 2.24) is 9.55 Å². The minimum absolute atomic E-state index is 0.138. The number of Topliss-reactive ketones (excluding diaryl/α,β-unsaturated/α-hetero) is 1. The number of fused-ring (bicyclic) bond motifs is 1. The van der Waals surface area contributed by atoms with E-state index in [4.69, 9.17) is 4.42 Å². The normalized spacial score (nSPS) is 17.9. The van der Waals surface area contributed by atoms with E-state index in [1.807, 2.05) is 24.6 Å². The second-order valence-corrected chi connectivity index (χ2v) is 7.94. The maximum absolute atomic E-state index is 13.0. The van der Waals surface area contributed by atoms with Crippen LogP contribution in [0.25, 0.3) is 12.2 Å². The average Bonchev–Trinajstić information content (AvgIpc) is 3.31. The summed E-state index contributed by atoms with van der Waals surface area (Å²) in [6.45, 7) is 2.01. The Balaban J connectivity index is 1.59. The summed E-state index contributed by atoms with van der Waals surface area (Å²) in [5, 5.41) is 4.51. The van der Waals surface area contributed by atoms with Gasteiger partial charge in [0.2, 0.25) is 5.95 Å². The lowest BCUT2D eigenvalue weighted by molar-refractivity contribution is -0.126. The number of hydrogen-bond acceptors (Lipinski definition) is 4. The monoisotopic (exact) mass is 393 g/mol. The Kier molecular flexibility index (Phi) is 5.51. The molecular formula is C23H27N3O3. The molecule has 0 aromatic carbocycles. The van der Waals surface area contributed by atoms with Gasteiger partial charge in [0, 0.05) is 18.9 Å². The largest absolute Gasteiger partial charge is 0.459 e. The lowest BCUT2D eigenvalue weighted by Gasteiger charge is -2.24. The summed E-state index contributed by atoms with van der Waals surface area (Å²) < 4.78 is 7.01. The lowest BCUT2D eigenvalue weighted by Crippen LogP contribution is -2.29. The first-order chi connectivity index (χ1) is 14.0. The van der Waals surface area contributed by atoms with Gasteiger partial charge in [-0.25, -0.2) is 4.98 Å². The zero-order valence-electron chi connectivity index (χ0n) is 17.0. The highest BCUT2D eigenvalue weighted by Gasteiger charge is 2.27. The van der Waals surface area contributed by atoms with Gasteiger partial charge in [0.05, 0.1) is 17.0 Å². The molecule has 1 atom stereocenters. The van der Waals surface area contributed by atoms with Crippen LogP contribution in [0.15, 0.2) is 34.5 Å². The quantitative estimate of drug-likeness (QED) is 0.847. The number of imidazole rings is 1. The van der Waals surface area contributed by atoms with E-state index in [-0.39, 0.29) is 23.5 Å². The Morgan fingerprint density at radius 1 is 1.24 bits per heavy atom. The van der Waals surface area contributed by atoms with Crippen molar-refractivity contribution in [3.8, 4) is 0 Å². The molecule has 2 heterocycles. The minimum atomic E-state index is -0.338. The molecule has 0 spiro atoms. The van der Waals surface area contributed by atoms with Crippen molar-refractivity contribution >= 4 is 29.8 Å². The number of hydrogen-bond donors (Lipinski definition) is 1. The fourth-order valence-electron chi connectivity index (χ4n) is 4.29. The third-order valence-electron chi connectivity index (χ3n) is 6.04. The summed E-state index contributed by atoms with van der Waals surface area (Å²) in [6, 6.07) is 3.28. The van der Waals surface area contributed by atoms with Gasteiger partial charge in [-0.2, -0.15) is 0 Å². The molecule has 1 N–H and O–H groups in total. The standard InChI is InChI=1S/C23H27N3O3/c1-15(21(27)16-8-4-3-5-9-16)17-10-6-11-19-18(14-17)24-23(26(19)2)25-22(28)20-12-7-13-29-20/h7,10-16H,3-6,8-9H2,1-2H3,(H,24,25,28). The Morgan fingerprint density at radius 3 is 2.76 bits per heavy atom. The molecule has 0 aliphatic heterocycles. The highest BCUT2D eigenvalue weighted by molar-refractivity contribution is 6.01. The first-order valence-corrected chi connectivity index (χ1v) is 10.4. The molecule has 29 heavy (non-hydrogen) atoms. The van der Waals surface area contributed by atoms with E-state index in [9.17, 15) is 9.59 Å². The molecule has 0 bridgehead atoms. The van der Waals surface area contributed by atoms with Crippen LogP contribution >= 0.6 is 0 Å². The van der Waals surface area contributed by atoms with E-state index in [2.05, 4.69) is 22.5 Å². The number of furan rings is 1. The third kappa shape index (κ3) is 3.97. The van der Waals surface area contributed by atoms with Gasteiger partial charge in [-0.3, -0.25) is 14.9 Å². The van der Waals surface area contributed by atoms with Crippen LogP contribution in [0, 0.1) is 11.8 Å². The second kappa shape index (κ2) is 8.23. The van der Waals surface area contributed by atoms with Crippen LogP contribution in [-0.2, 0) is 11.8 Å². The molecule has 4 rings (SSSR count). The van der Waals surface area contributed by atoms with Crippen LogP contribution in [0.3, 0.4) is 0 Å². The Morgan fingerprint density at radius 2 is 2.03 bits per heavy atom. The van der Waals surface area contributed by atoms with Crippen molar-refractivity contribution in [2.45, 2.75) is 45.4 Å². The van der Waals surface area contributed by atoms with E-state index < -0.39 is 0 Å². The number of anilines is 1. The van der Waals surface area contributed by atoms with Gasteiger partial charge >= 0.3 is 0 Å². The summed E-state index contributed by atoms with van der Waals surface area (Å²) in [5.41, 5.74) is 1.01. The third-order valence-corrected chi connectivity index (χ3v) is 6.04. The molecule has 152 valence electrons. The number of aromatic nitrogens is 2. The van der Waals surface area contributed by atoms with Crippen LogP contribution in [-0.4, -0.2) is 21.2 Å². The van der Waals surface area contributed by atoms with Gasteiger partial charge in [0.15, 0.2) is 5.76 Å². The molecule has 0 radical (unpaired) electrons. The summed E-state index contributed by atoms with van der Waals surface area (Å²) in [7, 11) is 1.87. The number of carbonyl (C=O) groups is 2. The Labute approximate surface area is 170 Å². The predicted octanol–water partition coefficient (Wildman–Crippen LogP) is 2.94. The highest BCUT2D eigenvalue weighted by atomic mass is 16.3. The molecule has 1 saturated carbocycles. The van der Waals surface area contributed by atoms with Crippen LogP contribution in [0.4, 0.5) is 5.95 Å². The predicted molar refractivity (Wildman–Crippen MR) is 111 cm³/mol. The van der Waals surface area contributed by atoms with Crippen LogP contribution < -0.4 is 16.0 Å². The van der Waals surface area contributed by atoms with Gasteiger partial charge in [-0.15, -0.1) is 0 Å². The number of nitrogens with one attached hydrogen (secondary N) is 1. The van der Waals surface area contributed by atoms with Crippen molar-refractivity contribution in [1.29, 1.82) is 0 Å². The maximum Gasteiger partial charge on any atom is 0.293 e. The van der Waals surface area contributed by atoms with Gasteiger partial charge in [-0.05, 0) is 43.0 Å². The lowest BCUT2D eigenvalue weighted by atomic mass is 9.80. The molecule has 6 nitrogen and oxygen atoms in total. The first kappa shape index (κ1) is 19.4. The summed E-state index contributed by atoms with van der Waals surface area (Å²) in [6.07, 6.45) is 14.0. The average molecular weight is 393 g/mol. The van der Waals surface area contributed by atoms with Crippen LogP contribution in [0.2, 0.25) is 0 Å². The fraction of sp³-hybridized carbons (Fsp3) is 0.435. The molecule has 0 saturated heterocycles. The molecule has 2 aromatic rings. The van der Waals surface area contributed by atoms with Crippen molar-refractivity contribution < 1.29 is 14.0 Å². The number of amides is 1. The number of carbonyl (C=O) groups excluding carboxylic acids is 2. The van der Waals surface area contributed by atoms with Crippen molar-refractivity contribution in [2.24, 2.45) is 18.9 Å². The Bertz CT molecular complexity index is 1050. The Hall–Kier alpha value is -2.89. The van der Waals surface area contributed by atoms with E-state index in [1.54, 1.807) is 12.1 Å². The minimum Gasteiger partial charge on any atom is -0.459 e. The van der Waals surface area contributed by atoms with E-state index in [0.29, 0.717) is 11.7 Å². The van der Waals surface area contributed by atoms with Crippen molar-refractivity contribution in [3.63, 3.8) is 0 Å². The van der Waals surface area contributed by atoms with Gasteiger partial charge in [0.1, 0.15) is 5.78 Å². The molecule has 6 heteroatoms. The second-order valence-electron chi connectivity index (χ2n) is 7.94. The molecular weight excluding hydrogens is 366 g/mol. The van der Waals surface area contributed by atoms with Crippen molar-refractivity contribution in [3.05, 3.63) is 46.5 Å². The number of allylic oxidation sites excluding steroid dienone is 2. The number of rotatable bonds is 5. The van der Waals surface area contributed by atoms with E-state index in [1.165, 1.54) is 12.7 Å². The summed E-state index contributed by atoms with van der Waals surface area (Å²) in [5.74, 6) is 0.750. The summed E-state index contributed by atoms with van der Waals surface area (Å²) >= 11 is 0.